The SMILES string of the molecule is O=C1OCCCCC1O. The van der Waals surface area contributed by atoms with E-state index in [-0.39, 0.29) is 0 Å². The summed E-state index contributed by atoms with van der Waals surface area (Å²) in [5, 5.41) is 8.88. The molecule has 1 heterocycles. The Labute approximate surface area is 53.6 Å². The summed E-state index contributed by atoms with van der Waals surface area (Å²) in [6.07, 6.45) is 1.45. The first-order chi connectivity index (χ1) is 4.30. The highest BCUT2D eigenvalue weighted by Gasteiger charge is 2.18. The van der Waals surface area contributed by atoms with Crippen molar-refractivity contribution in [3.8, 4) is 0 Å². The molecule has 1 atom stereocenters. The van der Waals surface area contributed by atoms with Crippen molar-refractivity contribution in [3.05, 3.63) is 0 Å². The standard InChI is InChI=1S/C6H10O3/c7-5-3-1-2-4-9-6(5)8/h5,7H,1-4H2. The number of ether oxygens (including phenoxy) is 1. The molecule has 1 saturated heterocycles. The van der Waals surface area contributed by atoms with E-state index in [1.807, 2.05) is 0 Å². The van der Waals surface area contributed by atoms with E-state index in [0.717, 1.165) is 12.8 Å². The van der Waals surface area contributed by atoms with Gasteiger partial charge in [0.25, 0.3) is 0 Å². The molecular formula is C6H10O3. The third-order valence-electron chi connectivity index (χ3n) is 1.39. The molecule has 1 fully saturated rings. The number of hydrogen-bond donors (Lipinski definition) is 1. The second-order valence-corrected chi connectivity index (χ2v) is 2.18. The molecule has 0 radical (unpaired) electrons. The number of carbonyl (C=O) groups excluding carboxylic acids is 1. The molecule has 0 saturated carbocycles. The number of esters is 1. The summed E-state index contributed by atoms with van der Waals surface area (Å²) in [5.74, 6) is -0.465. The van der Waals surface area contributed by atoms with Crippen LogP contribution in [0.4, 0.5) is 0 Å². The fourth-order valence-electron chi connectivity index (χ4n) is 0.827. The molecule has 3 nitrogen and oxygen atoms in total. The van der Waals surface area contributed by atoms with Crippen molar-refractivity contribution in [3.63, 3.8) is 0 Å². The smallest absolute Gasteiger partial charge is 0.334 e. The van der Waals surface area contributed by atoms with E-state index in [4.69, 9.17) is 5.11 Å². The maximum atomic E-state index is 10.5. The van der Waals surface area contributed by atoms with Gasteiger partial charge in [0, 0.05) is 0 Å². The van der Waals surface area contributed by atoms with E-state index in [2.05, 4.69) is 4.74 Å². The van der Waals surface area contributed by atoms with Crippen LogP contribution in [-0.2, 0) is 9.53 Å². The molecule has 1 aliphatic rings. The predicted molar refractivity (Wildman–Crippen MR) is 30.8 cm³/mol. The largest absolute Gasteiger partial charge is 0.464 e. The zero-order chi connectivity index (χ0) is 6.69. The molecule has 0 aliphatic carbocycles. The van der Waals surface area contributed by atoms with Gasteiger partial charge in [-0.05, 0) is 19.3 Å². The molecule has 0 aromatic carbocycles. The lowest BCUT2D eigenvalue weighted by atomic mass is 10.2. The lowest BCUT2D eigenvalue weighted by Crippen LogP contribution is -2.20. The fourth-order valence-corrected chi connectivity index (χ4v) is 0.827. The minimum absolute atomic E-state index is 0.465. The average Bonchev–Trinajstić information content (AvgIpc) is 1.99. The lowest BCUT2D eigenvalue weighted by molar-refractivity contribution is -0.152. The summed E-state index contributed by atoms with van der Waals surface area (Å²) in [6, 6.07) is 0. The summed E-state index contributed by atoms with van der Waals surface area (Å²) >= 11 is 0. The lowest BCUT2D eigenvalue weighted by Gasteiger charge is -2.01. The van der Waals surface area contributed by atoms with Crippen molar-refractivity contribution >= 4 is 5.97 Å². The molecule has 0 aromatic heterocycles. The van der Waals surface area contributed by atoms with Crippen LogP contribution in [0.25, 0.3) is 0 Å². The van der Waals surface area contributed by atoms with E-state index in [9.17, 15) is 4.79 Å². The Balaban J connectivity index is 2.41. The zero-order valence-electron chi connectivity index (χ0n) is 5.17. The van der Waals surface area contributed by atoms with E-state index < -0.39 is 12.1 Å². The topological polar surface area (TPSA) is 46.5 Å². The quantitative estimate of drug-likeness (QED) is 0.472. The van der Waals surface area contributed by atoms with Gasteiger partial charge in [-0.25, -0.2) is 4.79 Å². The van der Waals surface area contributed by atoms with Crippen molar-refractivity contribution in [1.29, 1.82) is 0 Å². The Morgan fingerprint density at radius 3 is 3.11 bits per heavy atom. The summed E-state index contributed by atoms with van der Waals surface area (Å²) in [4.78, 5) is 10.5. The normalized spacial score (nSPS) is 29.0. The molecule has 1 unspecified atom stereocenters. The minimum Gasteiger partial charge on any atom is -0.464 e. The van der Waals surface area contributed by atoms with Gasteiger partial charge in [-0.15, -0.1) is 0 Å². The van der Waals surface area contributed by atoms with Crippen LogP contribution in [0, 0.1) is 0 Å². The first kappa shape index (κ1) is 6.55. The Morgan fingerprint density at radius 2 is 2.33 bits per heavy atom. The van der Waals surface area contributed by atoms with Gasteiger partial charge >= 0.3 is 5.97 Å². The first-order valence-corrected chi connectivity index (χ1v) is 3.15. The first-order valence-electron chi connectivity index (χ1n) is 3.15. The summed E-state index contributed by atoms with van der Waals surface area (Å²) in [6.45, 7) is 0.468. The second-order valence-electron chi connectivity index (χ2n) is 2.18. The third-order valence-corrected chi connectivity index (χ3v) is 1.39. The molecular weight excluding hydrogens is 120 g/mol. The maximum absolute atomic E-state index is 10.5. The van der Waals surface area contributed by atoms with E-state index >= 15 is 0 Å². The summed E-state index contributed by atoms with van der Waals surface area (Å²) < 4.78 is 4.63. The van der Waals surface area contributed by atoms with Gasteiger partial charge in [0.2, 0.25) is 0 Å². The number of carbonyl (C=O) groups is 1. The molecule has 0 aromatic rings. The van der Waals surface area contributed by atoms with Gasteiger partial charge in [0.1, 0.15) is 0 Å². The molecule has 0 spiro atoms. The van der Waals surface area contributed by atoms with Crippen LogP contribution in [0.5, 0.6) is 0 Å². The summed E-state index contributed by atoms with van der Waals surface area (Å²) in [5.41, 5.74) is 0. The van der Waals surface area contributed by atoms with Crippen LogP contribution in [-0.4, -0.2) is 23.8 Å². The highest BCUT2D eigenvalue weighted by atomic mass is 16.5. The molecule has 9 heavy (non-hydrogen) atoms. The van der Waals surface area contributed by atoms with Crippen LogP contribution in [0.2, 0.25) is 0 Å². The maximum Gasteiger partial charge on any atom is 0.334 e. The Bertz CT molecular complexity index is 111. The van der Waals surface area contributed by atoms with E-state index in [1.54, 1.807) is 0 Å². The number of aliphatic hydroxyl groups is 1. The Hall–Kier alpha value is -0.570. The molecule has 1 aliphatic heterocycles. The Morgan fingerprint density at radius 1 is 1.56 bits per heavy atom. The Kier molecular flexibility index (Phi) is 2.05. The van der Waals surface area contributed by atoms with Crippen molar-refractivity contribution in [2.45, 2.75) is 25.4 Å². The van der Waals surface area contributed by atoms with E-state index in [1.165, 1.54) is 0 Å². The van der Waals surface area contributed by atoms with Crippen molar-refractivity contribution < 1.29 is 14.6 Å². The van der Waals surface area contributed by atoms with Gasteiger partial charge in [0.15, 0.2) is 6.10 Å². The molecule has 1 rings (SSSR count). The van der Waals surface area contributed by atoms with Gasteiger partial charge < -0.3 is 9.84 Å². The fraction of sp³-hybridized carbons (Fsp3) is 0.833. The molecule has 0 bridgehead atoms. The number of cyclic esters (lactones) is 1. The van der Waals surface area contributed by atoms with Crippen LogP contribution >= 0.6 is 0 Å². The van der Waals surface area contributed by atoms with Gasteiger partial charge in [0.05, 0.1) is 6.61 Å². The van der Waals surface area contributed by atoms with Gasteiger partial charge in [-0.3, -0.25) is 0 Å². The van der Waals surface area contributed by atoms with Gasteiger partial charge in [-0.1, -0.05) is 0 Å². The number of hydrogen-bond acceptors (Lipinski definition) is 3. The highest BCUT2D eigenvalue weighted by Crippen LogP contribution is 2.07. The van der Waals surface area contributed by atoms with Crippen LogP contribution in [0.3, 0.4) is 0 Å². The van der Waals surface area contributed by atoms with Crippen LogP contribution < -0.4 is 0 Å². The summed E-state index contributed by atoms with van der Waals surface area (Å²) in [7, 11) is 0. The van der Waals surface area contributed by atoms with Crippen LogP contribution in [0.15, 0.2) is 0 Å². The van der Waals surface area contributed by atoms with Crippen molar-refractivity contribution in [2.24, 2.45) is 0 Å². The third kappa shape index (κ3) is 1.68. The highest BCUT2D eigenvalue weighted by molar-refractivity contribution is 5.74. The zero-order valence-corrected chi connectivity index (χ0v) is 5.17. The predicted octanol–water partition coefficient (Wildman–Crippen LogP) is 0.0744. The molecule has 0 amide bonds. The van der Waals surface area contributed by atoms with Crippen LogP contribution in [0.1, 0.15) is 19.3 Å². The van der Waals surface area contributed by atoms with E-state index in [0.29, 0.717) is 13.0 Å². The average molecular weight is 130 g/mol. The minimum atomic E-state index is -0.868. The second kappa shape index (κ2) is 2.82. The molecule has 1 N–H and O–H groups in total. The van der Waals surface area contributed by atoms with Crippen molar-refractivity contribution in [2.75, 3.05) is 6.61 Å². The monoisotopic (exact) mass is 130 g/mol. The molecule has 3 heteroatoms. The van der Waals surface area contributed by atoms with Gasteiger partial charge in [-0.2, -0.15) is 0 Å². The van der Waals surface area contributed by atoms with Crippen molar-refractivity contribution in [1.82, 2.24) is 0 Å². The molecule has 52 valence electrons. The number of aliphatic hydroxyl groups excluding tert-OH is 1. The number of rotatable bonds is 0.